The molecule has 4 nitrogen and oxygen atoms in total. The molecular formula is C10H18O4. The highest BCUT2D eigenvalue weighted by Gasteiger charge is 1.92. The van der Waals surface area contributed by atoms with Crippen LogP contribution in [0.5, 0.6) is 0 Å². The van der Waals surface area contributed by atoms with Crippen molar-refractivity contribution < 1.29 is 19.7 Å². The highest BCUT2D eigenvalue weighted by atomic mass is 16.5. The van der Waals surface area contributed by atoms with Crippen molar-refractivity contribution in [3.63, 3.8) is 0 Å². The molecule has 0 spiro atoms. The summed E-state index contributed by atoms with van der Waals surface area (Å²) in [4.78, 5) is 0. The lowest BCUT2D eigenvalue weighted by molar-refractivity contribution is -0.0463. The Labute approximate surface area is 83.8 Å². The molecule has 1 heterocycles. The van der Waals surface area contributed by atoms with Crippen LogP contribution in [0.3, 0.4) is 0 Å². The summed E-state index contributed by atoms with van der Waals surface area (Å²) in [5.41, 5.74) is 0. The minimum atomic E-state index is -1.10. The van der Waals surface area contributed by atoms with Gasteiger partial charge in [-0.1, -0.05) is 13.3 Å². The molecule has 14 heavy (non-hydrogen) atoms. The van der Waals surface area contributed by atoms with Gasteiger partial charge in [0.05, 0.1) is 6.26 Å². The van der Waals surface area contributed by atoms with E-state index in [0.29, 0.717) is 12.2 Å². The molecule has 0 saturated heterocycles. The van der Waals surface area contributed by atoms with E-state index in [1.165, 1.54) is 6.26 Å². The fraction of sp³-hybridized carbons (Fsp3) is 0.600. The fourth-order valence-corrected chi connectivity index (χ4v) is 0.789. The minimum absolute atomic E-state index is 0.00694. The first-order valence-electron chi connectivity index (χ1n) is 4.70. The summed E-state index contributed by atoms with van der Waals surface area (Å²) in [5, 5.41) is 24.8. The second-order valence-electron chi connectivity index (χ2n) is 2.86. The smallest absolute Gasteiger partial charge is 0.151 e. The monoisotopic (exact) mass is 202 g/mol. The van der Waals surface area contributed by atoms with Gasteiger partial charge < -0.3 is 19.7 Å². The minimum Gasteiger partial charge on any atom is -0.467 e. The molecule has 0 aliphatic carbocycles. The van der Waals surface area contributed by atoms with Crippen LogP contribution in [0.15, 0.2) is 22.8 Å². The Morgan fingerprint density at radius 2 is 2.14 bits per heavy atom. The van der Waals surface area contributed by atoms with Gasteiger partial charge in [0.15, 0.2) is 6.29 Å². The number of hydrogen-bond acceptors (Lipinski definition) is 4. The normalized spacial score (nSPS) is 9.79. The van der Waals surface area contributed by atoms with E-state index >= 15 is 0 Å². The second-order valence-corrected chi connectivity index (χ2v) is 2.86. The molecule has 0 saturated carbocycles. The molecule has 1 rings (SSSR count). The van der Waals surface area contributed by atoms with E-state index in [-0.39, 0.29) is 6.61 Å². The summed E-state index contributed by atoms with van der Waals surface area (Å²) in [6.07, 6.45) is 2.87. The molecule has 1 aromatic rings. The van der Waals surface area contributed by atoms with Gasteiger partial charge in [-0.05, 0) is 25.0 Å². The lowest BCUT2D eigenvalue weighted by Gasteiger charge is -1.97. The number of unbranched alkanes of at least 4 members (excludes halogenated alkanes) is 1. The predicted molar refractivity (Wildman–Crippen MR) is 52.4 cm³/mol. The standard InChI is InChI=1S/C5H6O2.C5H12O2/c6-4-5-2-1-3-7-5;1-2-3-4-5(6)7/h1-3,6H,4H2;5-7H,2-4H2,1H3. The molecule has 0 aliphatic rings. The van der Waals surface area contributed by atoms with Crippen LogP contribution in [-0.4, -0.2) is 21.6 Å². The highest BCUT2D eigenvalue weighted by molar-refractivity contribution is 4.95. The first kappa shape index (κ1) is 13.2. The van der Waals surface area contributed by atoms with Gasteiger partial charge in [0.25, 0.3) is 0 Å². The van der Waals surface area contributed by atoms with E-state index in [9.17, 15) is 0 Å². The molecule has 0 atom stereocenters. The Morgan fingerprint density at radius 1 is 1.43 bits per heavy atom. The van der Waals surface area contributed by atoms with Crippen molar-refractivity contribution in [3.05, 3.63) is 24.2 Å². The number of furan rings is 1. The Balaban J connectivity index is 0.000000241. The van der Waals surface area contributed by atoms with Gasteiger partial charge in [0.1, 0.15) is 12.4 Å². The van der Waals surface area contributed by atoms with Crippen LogP contribution in [0.2, 0.25) is 0 Å². The molecule has 4 heteroatoms. The van der Waals surface area contributed by atoms with Gasteiger partial charge in [-0.2, -0.15) is 0 Å². The molecule has 82 valence electrons. The zero-order valence-electron chi connectivity index (χ0n) is 8.39. The molecule has 0 fully saturated rings. The quantitative estimate of drug-likeness (QED) is 0.642. The van der Waals surface area contributed by atoms with Crippen molar-refractivity contribution in [2.75, 3.05) is 0 Å². The van der Waals surface area contributed by atoms with Crippen LogP contribution in [0.25, 0.3) is 0 Å². The predicted octanol–water partition coefficient (Wildman–Crippen LogP) is 1.26. The summed E-state index contributed by atoms with van der Waals surface area (Å²) in [6, 6.07) is 3.46. The Hall–Kier alpha value is -0.840. The van der Waals surface area contributed by atoms with E-state index in [2.05, 4.69) is 0 Å². The summed E-state index contributed by atoms with van der Waals surface area (Å²) in [6.45, 7) is 2.01. The maximum Gasteiger partial charge on any atom is 0.151 e. The zero-order chi connectivity index (χ0) is 10.8. The van der Waals surface area contributed by atoms with Crippen LogP contribution in [0.1, 0.15) is 31.9 Å². The Bertz CT molecular complexity index is 194. The van der Waals surface area contributed by atoms with Crippen molar-refractivity contribution in [1.29, 1.82) is 0 Å². The van der Waals surface area contributed by atoms with Crippen molar-refractivity contribution in [2.24, 2.45) is 0 Å². The second kappa shape index (κ2) is 8.74. The van der Waals surface area contributed by atoms with Crippen LogP contribution >= 0.6 is 0 Å². The fourth-order valence-electron chi connectivity index (χ4n) is 0.789. The van der Waals surface area contributed by atoms with Gasteiger partial charge in [0.2, 0.25) is 0 Å². The first-order valence-corrected chi connectivity index (χ1v) is 4.70. The third-order valence-corrected chi connectivity index (χ3v) is 1.55. The number of aliphatic hydroxyl groups is 3. The van der Waals surface area contributed by atoms with Crippen molar-refractivity contribution in [3.8, 4) is 0 Å². The molecule has 0 bridgehead atoms. The SMILES string of the molecule is CCCCC(O)O.OCc1ccco1. The molecule has 0 radical (unpaired) electrons. The topological polar surface area (TPSA) is 73.8 Å². The summed E-state index contributed by atoms with van der Waals surface area (Å²) in [5.74, 6) is 0.611. The van der Waals surface area contributed by atoms with Gasteiger partial charge in [-0.15, -0.1) is 0 Å². The highest BCUT2D eigenvalue weighted by Crippen LogP contribution is 1.96. The maximum absolute atomic E-state index is 8.33. The molecule has 0 aromatic carbocycles. The van der Waals surface area contributed by atoms with Gasteiger partial charge in [-0.3, -0.25) is 0 Å². The van der Waals surface area contributed by atoms with E-state index in [0.717, 1.165) is 12.8 Å². The third kappa shape index (κ3) is 7.79. The van der Waals surface area contributed by atoms with Crippen molar-refractivity contribution >= 4 is 0 Å². The lowest BCUT2D eigenvalue weighted by Crippen LogP contribution is -2.02. The van der Waals surface area contributed by atoms with Crippen LogP contribution in [-0.2, 0) is 6.61 Å². The average Bonchev–Trinajstić information content (AvgIpc) is 2.68. The zero-order valence-corrected chi connectivity index (χ0v) is 8.39. The van der Waals surface area contributed by atoms with Crippen LogP contribution in [0.4, 0.5) is 0 Å². The molecular weight excluding hydrogens is 184 g/mol. The van der Waals surface area contributed by atoms with Crippen LogP contribution in [0, 0.1) is 0 Å². The van der Waals surface area contributed by atoms with E-state index < -0.39 is 6.29 Å². The van der Waals surface area contributed by atoms with Gasteiger partial charge >= 0.3 is 0 Å². The van der Waals surface area contributed by atoms with Crippen LogP contribution < -0.4 is 0 Å². The average molecular weight is 202 g/mol. The first-order chi connectivity index (χ1) is 6.70. The third-order valence-electron chi connectivity index (χ3n) is 1.55. The molecule has 0 unspecified atom stereocenters. The summed E-state index contributed by atoms with van der Waals surface area (Å²) >= 11 is 0. The molecule has 0 aliphatic heterocycles. The molecule has 0 amide bonds. The maximum atomic E-state index is 8.33. The number of hydrogen-bond donors (Lipinski definition) is 3. The largest absolute Gasteiger partial charge is 0.467 e. The molecule has 3 N–H and O–H groups in total. The van der Waals surface area contributed by atoms with Gasteiger partial charge in [0, 0.05) is 0 Å². The van der Waals surface area contributed by atoms with E-state index in [1.54, 1.807) is 12.1 Å². The van der Waals surface area contributed by atoms with Crippen molar-refractivity contribution in [2.45, 2.75) is 39.1 Å². The number of aliphatic hydroxyl groups excluding tert-OH is 2. The summed E-state index contributed by atoms with van der Waals surface area (Å²) < 4.78 is 4.73. The number of rotatable bonds is 4. The molecule has 1 aromatic heterocycles. The Morgan fingerprint density at radius 3 is 2.36 bits per heavy atom. The Kier molecular flexibility index (Phi) is 8.22. The lowest BCUT2D eigenvalue weighted by atomic mass is 10.2. The van der Waals surface area contributed by atoms with Crippen molar-refractivity contribution in [1.82, 2.24) is 0 Å². The van der Waals surface area contributed by atoms with E-state index in [1.807, 2.05) is 6.92 Å². The van der Waals surface area contributed by atoms with Gasteiger partial charge in [-0.25, -0.2) is 0 Å². The summed E-state index contributed by atoms with van der Waals surface area (Å²) in [7, 11) is 0. The van der Waals surface area contributed by atoms with E-state index in [4.69, 9.17) is 19.7 Å².